The zero-order chi connectivity index (χ0) is 16.7. The summed E-state index contributed by atoms with van der Waals surface area (Å²) in [5, 5.41) is 4.53. The first kappa shape index (κ1) is 15.2. The van der Waals surface area contributed by atoms with Crippen molar-refractivity contribution in [3.63, 3.8) is 0 Å². The molecule has 4 rings (SSSR count). The number of benzene rings is 1. The Hall–Kier alpha value is -2.34. The number of fused-ring (bicyclic) bond motifs is 1. The van der Waals surface area contributed by atoms with Crippen LogP contribution in [-0.4, -0.2) is 33.3 Å². The van der Waals surface area contributed by atoms with Crippen molar-refractivity contribution in [1.82, 2.24) is 19.7 Å². The zero-order valence-electron chi connectivity index (χ0n) is 14.3. The van der Waals surface area contributed by atoms with Gasteiger partial charge in [0.15, 0.2) is 5.58 Å². The lowest BCUT2D eigenvalue weighted by molar-refractivity contribution is 0.220. The van der Waals surface area contributed by atoms with Crippen LogP contribution in [0.4, 0.5) is 0 Å². The highest BCUT2D eigenvalue weighted by Gasteiger charge is 2.33. The highest BCUT2D eigenvalue weighted by molar-refractivity contribution is 5.72. The number of aryl methyl sites for hydroxylation is 2. The van der Waals surface area contributed by atoms with Gasteiger partial charge < -0.3 is 9.15 Å². The number of likely N-dealkylation sites (tertiary alicyclic amines) is 1. The summed E-state index contributed by atoms with van der Waals surface area (Å²) in [7, 11) is 3.63. The van der Waals surface area contributed by atoms with E-state index < -0.39 is 0 Å². The minimum atomic E-state index is 0.295. The normalized spacial score (nSPS) is 18.5. The molecule has 1 atom stereocenters. The molecule has 0 saturated carbocycles. The molecule has 6 heteroatoms. The van der Waals surface area contributed by atoms with Crippen LogP contribution >= 0.6 is 0 Å². The maximum atomic E-state index is 5.90. The average molecular weight is 326 g/mol. The van der Waals surface area contributed by atoms with E-state index in [0.29, 0.717) is 12.6 Å². The molecule has 1 fully saturated rings. The number of oxazole rings is 1. The smallest absolute Gasteiger partial charge is 0.216 e. The van der Waals surface area contributed by atoms with Crippen LogP contribution in [0.15, 0.2) is 28.7 Å². The molecular formula is C18H22N4O2. The van der Waals surface area contributed by atoms with E-state index in [-0.39, 0.29) is 0 Å². The van der Waals surface area contributed by atoms with Gasteiger partial charge in [-0.1, -0.05) is 12.1 Å². The molecule has 1 saturated heterocycles. The summed E-state index contributed by atoms with van der Waals surface area (Å²) in [6, 6.07) is 8.19. The van der Waals surface area contributed by atoms with Crippen LogP contribution in [0.2, 0.25) is 0 Å². The first-order chi connectivity index (χ1) is 11.7. The summed E-state index contributed by atoms with van der Waals surface area (Å²) in [5.41, 5.74) is 3.98. The molecule has 3 aromatic rings. The predicted octanol–water partition coefficient (Wildman–Crippen LogP) is 3.22. The van der Waals surface area contributed by atoms with Crippen LogP contribution in [-0.2, 0) is 13.6 Å². The second-order valence-corrected chi connectivity index (χ2v) is 6.34. The van der Waals surface area contributed by atoms with Crippen molar-refractivity contribution < 1.29 is 9.15 Å². The van der Waals surface area contributed by atoms with Gasteiger partial charge in [-0.3, -0.25) is 4.90 Å². The third-order valence-electron chi connectivity index (χ3n) is 4.78. The van der Waals surface area contributed by atoms with E-state index in [1.807, 2.05) is 42.9 Å². The number of nitrogens with zero attached hydrogens (tertiary/aromatic N) is 4. The van der Waals surface area contributed by atoms with Gasteiger partial charge in [-0.05, 0) is 38.4 Å². The van der Waals surface area contributed by atoms with Crippen molar-refractivity contribution in [2.45, 2.75) is 32.4 Å². The quantitative estimate of drug-likeness (QED) is 0.737. The Morgan fingerprint density at radius 2 is 2.17 bits per heavy atom. The van der Waals surface area contributed by atoms with Gasteiger partial charge in [-0.25, -0.2) is 9.67 Å². The molecule has 2 aromatic heterocycles. The Bertz CT molecular complexity index is 834. The molecule has 0 N–H and O–H groups in total. The van der Waals surface area contributed by atoms with Crippen molar-refractivity contribution >= 4 is 11.1 Å². The van der Waals surface area contributed by atoms with E-state index in [1.54, 1.807) is 7.11 Å². The number of methoxy groups -OCH3 is 1. The topological polar surface area (TPSA) is 56.3 Å². The Labute approximate surface area is 141 Å². The fourth-order valence-corrected chi connectivity index (χ4v) is 3.78. The Morgan fingerprint density at radius 1 is 1.33 bits per heavy atom. The molecule has 0 amide bonds. The molecule has 1 aliphatic heterocycles. The summed E-state index contributed by atoms with van der Waals surface area (Å²) < 4.78 is 13.3. The molecule has 0 radical (unpaired) electrons. The largest absolute Gasteiger partial charge is 0.481 e. The molecule has 0 unspecified atom stereocenters. The fraction of sp³-hybridized carbons (Fsp3) is 0.444. The number of hydrogen-bond acceptors (Lipinski definition) is 5. The zero-order valence-corrected chi connectivity index (χ0v) is 14.3. The van der Waals surface area contributed by atoms with Crippen LogP contribution in [0.5, 0.6) is 5.88 Å². The number of aromatic nitrogens is 3. The van der Waals surface area contributed by atoms with Crippen LogP contribution in [0.1, 0.15) is 36.0 Å². The van der Waals surface area contributed by atoms with Gasteiger partial charge in [0, 0.05) is 13.1 Å². The highest BCUT2D eigenvalue weighted by Crippen LogP contribution is 2.39. The summed E-state index contributed by atoms with van der Waals surface area (Å²) in [5.74, 6) is 1.62. The molecule has 1 aliphatic rings. The van der Waals surface area contributed by atoms with Gasteiger partial charge in [0.2, 0.25) is 11.8 Å². The third kappa shape index (κ3) is 2.47. The minimum Gasteiger partial charge on any atom is -0.481 e. The second kappa shape index (κ2) is 5.94. The Morgan fingerprint density at radius 3 is 2.96 bits per heavy atom. The Balaban J connectivity index is 1.63. The molecule has 3 heterocycles. The predicted molar refractivity (Wildman–Crippen MR) is 90.9 cm³/mol. The molecular weight excluding hydrogens is 304 g/mol. The first-order valence-electron chi connectivity index (χ1n) is 8.33. The number of hydrogen-bond donors (Lipinski definition) is 0. The number of para-hydroxylation sites is 2. The van der Waals surface area contributed by atoms with Gasteiger partial charge in [0.25, 0.3) is 0 Å². The van der Waals surface area contributed by atoms with Gasteiger partial charge in [0.1, 0.15) is 5.52 Å². The van der Waals surface area contributed by atoms with Crippen molar-refractivity contribution in [2.75, 3.05) is 13.7 Å². The molecule has 0 aliphatic carbocycles. The molecule has 1 aromatic carbocycles. The van der Waals surface area contributed by atoms with E-state index in [2.05, 4.69) is 15.0 Å². The maximum Gasteiger partial charge on any atom is 0.216 e. The van der Waals surface area contributed by atoms with E-state index in [0.717, 1.165) is 48.0 Å². The minimum absolute atomic E-state index is 0.295. The van der Waals surface area contributed by atoms with Crippen molar-refractivity contribution in [2.24, 2.45) is 7.05 Å². The highest BCUT2D eigenvalue weighted by atomic mass is 16.5. The van der Waals surface area contributed by atoms with E-state index in [1.165, 1.54) is 5.56 Å². The van der Waals surface area contributed by atoms with Gasteiger partial charge >= 0.3 is 0 Å². The fourth-order valence-electron chi connectivity index (χ4n) is 3.78. The van der Waals surface area contributed by atoms with Crippen molar-refractivity contribution in [3.8, 4) is 5.88 Å². The molecule has 24 heavy (non-hydrogen) atoms. The van der Waals surface area contributed by atoms with E-state index >= 15 is 0 Å². The standard InChI is InChI=1S/C18H22N4O2/c1-12-17(18(23-3)21(2)20-12)14-8-6-10-22(14)11-16-19-13-7-4-5-9-15(13)24-16/h4-5,7,9,14H,6,8,10-11H2,1-3H3/t14-/m1/s1. The summed E-state index contributed by atoms with van der Waals surface area (Å²) in [4.78, 5) is 7.03. The monoisotopic (exact) mass is 326 g/mol. The lowest BCUT2D eigenvalue weighted by Crippen LogP contribution is -2.23. The summed E-state index contributed by atoms with van der Waals surface area (Å²) >= 11 is 0. The van der Waals surface area contributed by atoms with E-state index in [9.17, 15) is 0 Å². The van der Waals surface area contributed by atoms with Gasteiger partial charge in [-0.2, -0.15) is 5.10 Å². The number of ether oxygens (including phenoxy) is 1. The van der Waals surface area contributed by atoms with Crippen LogP contribution in [0, 0.1) is 6.92 Å². The van der Waals surface area contributed by atoms with Crippen molar-refractivity contribution in [3.05, 3.63) is 41.4 Å². The lowest BCUT2D eigenvalue weighted by Gasteiger charge is -2.23. The molecule has 0 spiro atoms. The average Bonchev–Trinajstić information content (AvgIpc) is 3.24. The van der Waals surface area contributed by atoms with Crippen LogP contribution < -0.4 is 4.74 Å². The summed E-state index contributed by atoms with van der Waals surface area (Å²) in [6.45, 7) is 3.78. The summed E-state index contributed by atoms with van der Waals surface area (Å²) in [6.07, 6.45) is 2.26. The third-order valence-corrected chi connectivity index (χ3v) is 4.78. The molecule has 126 valence electrons. The van der Waals surface area contributed by atoms with Gasteiger partial charge in [-0.15, -0.1) is 0 Å². The molecule has 0 bridgehead atoms. The second-order valence-electron chi connectivity index (χ2n) is 6.34. The van der Waals surface area contributed by atoms with Crippen LogP contribution in [0.25, 0.3) is 11.1 Å². The number of rotatable bonds is 4. The Kier molecular flexibility index (Phi) is 3.76. The van der Waals surface area contributed by atoms with E-state index in [4.69, 9.17) is 9.15 Å². The van der Waals surface area contributed by atoms with Crippen LogP contribution in [0.3, 0.4) is 0 Å². The van der Waals surface area contributed by atoms with Gasteiger partial charge in [0.05, 0.1) is 24.9 Å². The maximum absolute atomic E-state index is 5.90. The first-order valence-corrected chi connectivity index (χ1v) is 8.33. The van der Waals surface area contributed by atoms with Crippen molar-refractivity contribution in [1.29, 1.82) is 0 Å². The SMILES string of the molecule is COc1c([C@H]2CCCN2Cc2nc3ccccc3o2)c(C)nn1C. The lowest BCUT2D eigenvalue weighted by atomic mass is 10.1. The molecule has 6 nitrogen and oxygen atoms in total.